The zero-order valence-corrected chi connectivity index (χ0v) is 10.9. The van der Waals surface area contributed by atoms with Gasteiger partial charge in [0.15, 0.2) is 0 Å². The van der Waals surface area contributed by atoms with E-state index in [9.17, 15) is 0 Å². The Hall–Kier alpha value is -0.540. The normalized spacial score (nSPS) is 27.8. The van der Waals surface area contributed by atoms with Crippen molar-refractivity contribution in [2.75, 3.05) is 11.4 Å². The Balaban J connectivity index is 2.00. The molecule has 0 radical (unpaired) electrons. The molecule has 2 aliphatic heterocycles. The van der Waals surface area contributed by atoms with Crippen LogP contribution in [0.25, 0.3) is 0 Å². The molecule has 1 aromatic carbocycles. The second-order valence-electron chi connectivity index (χ2n) is 4.86. The third-order valence-corrected chi connectivity index (χ3v) is 4.40. The van der Waals surface area contributed by atoms with Crippen molar-refractivity contribution in [2.45, 2.75) is 37.8 Å². The Morgan fingerprint density at radius 3 is 3.06 bits per heavy atom. The van der Waals surface area contributed by atoms with Crippen LogP contribution in [0.15, 0.2) is 22.7 Å². The summed E-state index contributed by atoms with van der Waals surface area (Å²) in [4.78, 5) is 2.57. The second-order valence-corrected chi connectivity index (χ2v) is 5.77. The fourth-order valence-corrected chi connectivity index (χ4v) is 3.62. The van der Waals surface area contributed by atoms with Crippen molar-refractivity contribution in [1.82, 2.24) is 0 Å². The van der Waals surface area contributed by atoms with Crippen LogP contribution in [0, 0.1) is 0 Å². The number of rotatable bonds is 1. The van der Waals surface area contributed by atoms with Crippen LogP contribution in [-0.4, -0.2) is 18.6 Å². The number of fused-ring (bicyclic) bond motifs is 3. The van der Waals surface area contributed by atoms with Crippen molar-refractivity contribution in [3.8, 4) is 0 Å². The summed E-state index contributed by atoms with van der Waals surface area (Å²) in [6, 6.07) is 7.91. The minimum absolute atomic E-state index is 0.557. The van der Waals surface area contributed by atoms with E-state index in [-0.39, 0.29) is 0 Å². The molecule has 16 heavy (non-hydrogen) atoms. The minimum Gasteiger partial charge on any atom is -0.364 e. The van der Waals surface area contributed by atoms with Crippen LogP contribution >= 0.6 is 15.9 Å². The lowest BCUT2D eigenvalue weighted by molar-refractivity contribution is 0.399. The van der Waals surface area contributed by atoms with Crippen LogP contribution in [0.1, 0.15) is 24.8 Å². The Kier molecular flexibility index (Phi) is 2.68. The fraction of sp³-hybridized carbons (Fsp3) is 0.538. The first kappa shape index (κ1) is 10.6. The molecule has 1 aromatic rings. The lowest BCUT2D eigenvalue weighted by Gasteiger charge is -2.39. The van der Waals surface area contributed by atoms with Gasteiger partial charge < -0.3 is 10.6 Å². The van der Waals surface area contributed by atoms with Gasteiger partial charge in [0.2, 0.25) is 0 Å². The molecule has 0 bridgehead atoms. The largest absolute Gasteiger partial charge is 0.364 e. The predicted octanol–water partition coefficient (Wildman–Crippen LogP) is 2.69. The van der Waals surface area contributed by atoms with Crippen molar-refractivity contribution in [3.63, 3.8) is 0 Å². The summed E-state index contributed by atoms with van der Waals surface area (Å²) in [6.45, 7) is 0.784. The van der Waals surface area contributed by atoms with Crippen LogP contribution < -0.4 is 10.6 Å². The van der Waals surface area contributed by atoms with E-state index in [4.69, 9.17) is 5.73 Å². The summed E-state index contributed by atoms with van der Waals surface area (Å²) in [5, 5.41) is 0. The van der Waals surface area contributed by atoms with Gasteiger partial charge in [-0.25, -0.2) is 0 Å². The maximum atomic E-state index is 5.90. The van der Waals surface area contributed by atoms with E-state index in [1.54, 1.807) is 0 Å². The summed E-state index contributed by atoms with van der Waals surface area (Å²) >= 11 is 3.55. The molecular weight excluding hydrogens is 264 g/mol. The van der Waals surface area contributed by atoms with E-state index in [2.05, 4.69) is 39.0 Å². The number of piperidine rings is 1. The Bertz CT molecular complexity index is 405. The smallest absolute Gasteiger partial charge is 0.0415 e. The molecule has 0 aliphatic carbocycles. The van der Waals surface area contributed by atoms with Gasteiger partial charge in [0.25, 0.3) is 0 Å². The number of hydrogen-bond donors (Lipinski definition) is 1. The molecule has 2 unspecified atom stereocenters. The van der Waals surface area contributed by atoms with Crippen LogP contribution in [0.4, 0.5) is 5.69 Å². The van der Waals surface area contributed by atoms with Gasteiger partial charge in [0.05, 0.1) is 0 Å². The molecule has 2 atom stereocenters. The van der Waals surface area contributed by atoms with E-state index in [0.29, 0.717) is 12.1 Å². The van der Waals surface area contributed by atoms with Gasteiger partial charge in [-0.2, -0.15) is 0 Å². The topological polar surface area (TPSA) is 29.3 Å². The number of benzene rings is 1. The molecule has 3 heteroatoms. The quantitative estimate of drug-likeness (QED) is 0.857. The van der Waals surface area contributed by atoms with E-state index in [1.807, 2.05) is 0 Å². The summed E-state index contributed by atoms with van der Waals surface area (Å²) in [6.07, 6.45) is 5.11. The molecular formula is C13H17BrN2. The highest BCUT2D eigenvalue weighted by Gasteiger charge is 2.36. The number of nitrogens with zero attached hydrogens (tertiary/aromatic N) is 1. The molecule has 2 nitrogen and oxygen atoms in total. The average molecular weight is 281 g/mol. The lowest BCUT2D eigenvalue weighted by atomic mass is 9.96. The zero-order valence-electron chi connectivity index (χ0n) is 9.32. The molecule has 0 spiro atoms. The van der Waals surface area contributed by atoms with Gasteiger partial charge in [0.1, 0.15) is 0 Å². The van der Waals surface area contributed by atoms with Gasteiger partial charge in [0, 0.05) is 28.8 Å². The molecule has 2 aliphatic rings. The van der Waals surface area contributed by atoms with Crippen molar-refractivity contribution >= 4 is 21.6 Å². The molecule has 3 rings (SSSR count). The number of halogens is 1. The van der Waals surface area contributed by atoms with E-state index in [1.165, 1.54) is 41.4 Å². The van der Waals surface area contributed by atoms with Crippen LogP contribution in [0.5, 0.6) is 0 Å². The maximum absolute atomic E-state index is 5.90. The van der Waals surface area contributed by atoms with Crippen molar-refractivity contribution in [3.05, 3.63) is 28.2 Å². The van der Waals surface area contributed by atoms with Crippen molar-refractivity contribution < 1.29 is 0 Å². The summed E-state index contributed by atoms with van der Waals surface area (Å²) in [5.41, 5.74) is 8.80. The Morgan fingerprint density at radius 2 is 2.25 bits per heavy atom. The van der Waals surface area contributed by atoms with Gasteiger partial charge in [-0.15, -0.1) is 0 Å². The average Bonchev–Trinajstić information content (AvgIpc) is 2.65. The summed E-state index contributed by atoms with van der Waals surface area (Å²) in [7, 11) is 0. The fourth-order valence-electron chi connectivity index (χ4n) is 3.21. The second kappa shape index (κ2) is 4.04. The molecule has 1 fully saturated rings. The third-order valence-electron chi connectivity index (χ3n) is 3.91. The molecule has 0 aromatic heterocycles. The summed E-state index contributed by atoms with van der Waals surface area (Å²) in [5.74, 6) is 0. The highest BCUT2D eigenvalue weighted by atomic mass is 79.9. The maximum Gasteiger partial charge on any atom is 0.0415 e. The number of hydrogen-bond acceptors (Lipinski definition) is 2. The van der Waals surface area contributed by atoms with Crippen LogP contribution in [-0.2, 0) is 6.42 Å². The predicted molar refractivity (Wildman–Crippen MR) is 70.8 cm³/mol. The van der Waals surface area contributed by atoms with Crippen LogP contribution in [0.2, 0.25) is 0 Å². The standard InChI is InChI=1S/C13H17BrN2/c14-10-4-5-13-9(6-10)7-11-2-1-3-12(8-15)16(11)13/h4-6,11-12H,1-3,7-8,15H2. The minimum atomic E-state index is 0.557. The van der Waals surface area contributed by atoms with Crippen molar-refractivity contribution in [1.29, 1.82) is 0 Å². The van der Waals surface area contributed by atoms with Gasteiger partial charge in [-0.1, -0.05) is 15.9 Å². The molecule has 86 valence electrons. The number of nitrogens with two attached hydrogens (primary N) is 1. The number of anilines is 1. The highest BCUT2D eigenvalue weighted by molar-refractivity contribution is 9.10. The zero-order chi connectivity index (χ0) is 11.1. The van der Waals surface area contributed by atoms with E-state index in [0.717, 1.165) is 6.54 Å². The summed E-state index contributed by atoms with van der Waals surface area (Å²) < 4.78 is 1.19. The first-order valence-corrected chi connectivity index (χ1v) is 6.85. The van der Waals surface area contributed by atoms with Crippen LogP contribution in [0.3, 0.4) is 0 Å². The van der Waals surface area contributed by atoms with Crippen molar-refractivity contribution in [2.24, 2.45) is 5.73 Å². The van der Waals surface area contributed by atoms with E-state index < -0.39 is 0 Å². The third kappa shape index (κ3) is 1.57. The van der Waals surface area contributed by atoms with Gasteiger partial charge >= 0.3 is 0 Å². The van der Waals surface area contributed by atoms with Gasteiger partial charge in [-0.3, -0.25) is 0 Å². The molecule has 2 N–H and O–H groups in total. The highest BCUT2D eigenvalue weighted by Crippen LogP contribution is 2.40. The molecule has 0 saturated carbocycles. The first-order valence-electron chi connectivity index (χ1n) is 6.06. The van der Waals surface area contributed by atoms with Gasteiger partial charge in [-0.05, 0) is 49.4 Å². The molecule has 0 amide bonds. The Morgan fingerprint density at radius 1 is 1.38 bits per heavy atom. The Labute approximate surface area is 105 Å². The van der Waals surface area contributed by atoms with E-state index >= 15 is 0 Å². The lowest BCUT2D eigenvalue weighted by Crippen LogP contribution is -2.48. The molecule has 2 heterocycles. The first-order chi connectivity index (χ1) is 7.79. The SMILES string of the molecule is NCC1CCCC2Cc3cc(Br)ccc3N12. The molecule has 1 saturated heterocycles. The monoisotopic (exact) mass is 280 g/mol.